The Morgan fingerprint density at radius 2 is 2.08 bits per heavy atom. The molecule has 0 radical (unpaired) electrons. The van der Waals surface area contributed by atoms with Crippen LogP contribution in [0.25, 0.3) is 0 Å². The number of benzene rings is 1. The van der Waals surface area contributed by atoms with Crippen molar-refractivity contribution in [3.05, 3.63) is 41.7 Å². The van der Waals surface area contributed by atoms with Gasteiger partial charge in [0.15, 0.2) is 0 Å². The van der Waals surface area contributed by atoms with E-state index in [9.17, 15) is 9.50 Å². The molecule has 1 aromatic heterocycles. The fraction of sp³-hybridized carbons (Fsp3) is 0.556. The van der Waals surface area contributed by atoms with Crippen LogP contribution >= 0.6 is 0 Å². The molecule has 1 aliphatic heterocycles. The Bertz CT molecular complexity index is 689. The number of β-amino-alcohol motifs (C(OH)–C–C–N with tert-alkyl or cyclic N) is 1. The first-order valence-electron chi connectivity index (χ1n) is 8.70. The zero-order valence-corrected chi connectivity index (χ0v) is 14.7. The van der Waals surface area contributed by atoms with E-state index in [4.69, 9.17) is 4.74 Å². The third-order valence-electron chi connectivity index (χ3n) is 4.55. The van der Waals surface area contributed by atoms with E-state index in [0.717, 1.165) is 37.6 Å². The van der Waals surface area contributed by atoms with Crippen LogP contribution in [0.4, 0.5) is 4.39 Å². The molecule has 1 fully saturated rings. The number of rotatable bonds is 7. The lowest BCUT2D eigenvalue weighted by atomic mass is 10.2. The van der Waals surface area contributed by atoms with Crippen molar-refractivity contribution in [1.29, 1.82) is 0 Å². The van der Waals surface area contributed by atoms with Crippen molar-refractivity contribution in [2.45, 2.75) is 45.4 Å². The van der Waals surface area contributed by atoms with Gasteiger partial charge in [0.2, 0.25) is 0 Å². The quantitative estimate of drug-likeness (QED) is 0.828. The fourth-order valence-electron chi connectivity index (χ4n) is 3.32. The van der Waals surface area contributed by atoms with Gasteiger partial charge in [-0.15, -0.1) is 0 Å². The molecular formula is C18H25FN4O2. The van der Waals surface area contributed by atoms with E-state index in [1.165, 1.54) is 12.1 Å². The van der Waals surface area contributed by atoms with E-state index in [0.29, 0.717) is 18.3 Å². The molecular weight excluding hydrogens is 323 g/mol. The van der Waals surface area contributed by atoms with Crippen molar-refractivity contribution < 1.29 is 14.2 Å². The molecule has 0 spiro atoms. The van der Waals surface area contributed by atoms with Crippen LogP contribution in [0.1, 0.15) is 24.5 Å². The molecule has 0 aliphatic carbocycles. The van der Waals surface area contributed by atoms with Gasteiger partial charge in [-0.3, -0.25) is 4.90 Å². The molecule has 2 aromatic rings. The summed E-state index contributed by atoms with van der Waals surface area (Å²) in [6, 6.07) is 6.18. The first-order valence-corrected chi connectivity index (χ1v) is 8.70. The minimum Gasteiger partial charge on any atom is -0.491 e. The van der Waals surface area contributed by atoms with E-state index < -0.39 is 6.10 Å². The molecule has 0 unspecified atom stereocenters. The molecule has 25 heavy (non-hydrogen) atoms. The molecule has 136 valence electrons. The summed E-state index contributed by atoms with van der Waals surface area (Å²) in [5, 5.41) is 14.7. The second kappa shape index (κ2) is 7.93. The Balaban J connectivity index is 1.50. The summed E-state index contributed by atoms with van der Waals surface area (Å²) < 4.78 is 20.4. The lowest BCUT2D eigenvalue weighted by Gasteiger charge is -2.27. The van der Waals surface area contributed by atoms with Gasteiger partial charge in [0.05, 0.1) is 6.54 Å². The summed E-state index contributed by atoms with van der Waals surface area (Å²) in [6.07, 6.45) is 1.61. The van der Waals surface area contributed by atoms with E-state index in [1.807, 2.05) is 18.5 Å². The third-order valence-corrected chi connectivity index (χ3v) is 4.55. The molecule has 3 rings (SSSR count). The van der Waals surface area contributed by atoms with Gasteiger partial charge in [-0.05, 0) is 57.5 Å². The van der Waals surface area contributed by atoms with Gasteiger partial charge in [-0.1, -0.05) is 0 Å². The van der Waals surface area contributed by atoms with Gasteiger partial charge in [0.25, 0.3) is 0 Å². The molecule has 2 heterocycles. The third kappa shape index (κ3) is 4.76. The van der Waals surface area contributed by atoms with Gasteiger partial charge < -0.3 is 9.84 Å². The minimum absolute atomic E-state index is 0.191. The zero-order valence-electron chi connectivity index (χ0n) is 14.7. The van der Waals surface area contributed by atoms with Crippen LogP contribution < -0.4 is 4.74 Å². The van der Waals surface area contributed by atoms with Crippen LogP contribution in [0.3, 0.4) is 0 Å². The molecule has 0 bridgehead atoms. The first-order chi connectivity index (χ1) is 12.0. The molecule has 1 aliphatic rings. The number of hydrogen-bond acceptors (Lipinski definition) is 5. The molecule has 0 amide bonds. The Hall–Kier alpha value is -1.99. The van der Waals surface area contributed by atoms with E-state index in [-0.39, 0.29) is 12.4 Å². The van der Waals surface area contributed by atoms with E-state index in [2.05, 4.69) is 15.0 Å². The predicted octanol–water partition coefficient (Wildman–Crippen LogP) is 1.94. The van der Waals surface area contributed by atoms with Crippen molar-refractivity contribution in [2.24, 2.45) is 0 Å². The number of hydrogen-bond donors (Lipinski definition) is 1. The van der Waals surface area contributed by atoms with Crippen LogP contribution in [-0.2, 0) is 6.54 Å². The highest BCUT2D eigenvalue weighted by molar-refractivity contribution is 5.22. The standard InChI is InChI=1S/C18H25FN4O2/c1-13-20-14(2)23(21-13)10-16-4-3-9-22(16)11-17(24)12-25-18-7-5-15(19)6-8-18/h5-8,16-17,24H,3-4,9-12H2,1-2H3/t16-,17+/m1/s1. The maximum absolute atomic E-state index is 12.9. The number of aromatic nitrogens is 3. The average molecular weight is 348 g/mol. The van der Waals surface area contributed by atoms with Gasteiger partial charge in [-0.25, -0.2) is 14.1 Å². The van der Waals surface area contributed by atoms with Gasteiger partial charge >= 0.3 is 0 Å². The number of aryl methyl sites for hydroxylation is 2. The summed E-state index contributed by atoms with van der Waals surface area (Å²) >= 11 is 0. The topological polar surface area (TPSA) is 63.4 Å². The van der Waals surface area contributed by atoms with Crippen molar-refractivity contribution >= 4 is 0 Å². The van der Waals surface area contributed by atoms with Gasteiger partial charge in [-0.2, -0.15) is 5.10 Å². The first kappa shape index (κ1) is 17.8. The second-order valence-corrected chi connectivity index (χ2v) is 6.60. The van der Waals surface area contributed by atoms with Crippen LogP contribution in [-0.4, -0.2) is 56.6 Å². The fourth-order valence-corrected chi connectivity index (χ4v) is 3.32. The zero-order chi connectivity index (χ0) is 17.8. The lowest BCUT2D eigenvalue weighted by Crippen LogP contribution is -2.40. The van der Waals surface area contributed by atoms with Crippen molar-refractivity contribution in [3.8, 4) is 5.75 Å². The molecule has 2 atom stereocenters. The summed E-state index contributed by atoms with van der Waals surface area (Å²) in [7, 11) is 0. The maximum atomic E-state index is 12.9. The van der Waals surface area contributed by atoms with E-state index in [1.54, 1.807) is 12.1 Å². The highest BCUT2D eigenvalue weighted by Crippen LogP contribution is 2.20. The Morgan fingerprint density at radius 3 is 2.76 bits per heavy atom. The lowest BCUT2D eigenvalue weighted by molar-refractivity contribution is 0.0608. The predicted molar refractivity (Wildman–Crippen MR) is 92.0 cm³/mol. The Kier molecular flexibility index (Phi) is 5.65. The molecule has 1 N–H and O–H groups in total. The summed E-state index contributed by atoms with van der Waals surface area (Å²) in [5.41, 5.74) is 0. The molecule has 6 nitrogen and oxygen atoms in total. The summed E-state index contributed by atoms with van der Waals surface area (Å²) in [5.74, 6) is 1.97. The summed E-state index contributed by atoms with van der Waals surface area (Å²) in [6.45, 7) is 6.36. The van der Waals surface area contributed by atoms with E-state index >= 15 is 0 Å². The van der Waals surface area contributed by atoms with Crippen molar-refractivity contribution in [3.63, 3.8) is 0 Å². The molecule has 1 aromatic carbocycles. The van der Waals surface area contributed by atoms with Crippen molar-refractivity contribution in [1.82, 2.24) is 19.7 Å². The summed E-state index contributed by atoms with van der Waals surface area (Å²) in [4.78, 5) is 6.63. The normalized spacial score (nSPS) is 19.3. The number of ether oxygens (including phenoxy) is 1. The van der Waals surface area contributed by atoms with Crippen LogP contribution in [0.5, 0.6) is 5.75 Å². The van der Waals surface area contributed by atoms with Crippen LogP contribution in [0.2, 0.25) is 0 Å². The van der Waals surface area contributed by atoms with Crippen LogP contribution in [0, 0.1) is 19.7 Å². The number of nitrogens with zero attached hydrogens (tertiary/aromatic N) is 4. The largest absolute Gasteiger partial charge is 0.491 e. The number of likely N-dealkylation sites (tertiary alicyclic amines) is 1. The SMILES string of the molecule is Cc1nc(C)n(C[C@H]2CCCN2C[C@H](O)COc2ccc(F)cc2)n1. The second-order valence-electron chi connectivity index (χ2n) is 6.60. The monoisotopic (exact) mass is 348 g/mol. The van der Waals surface area contributed by atoms with Gasteiger partial charge in [0.1, 0.15) is 35.9 Å². The smallest absolute Gasteiger partial charge is 0.147 e. The van der Waals surface area contributed by atoms with Crippen LogP contribution in [0.15, 0.2) is 24.3 Å². The Morgan fingerprint density at radius 1 is 1.32 bits per heavy atom. The van der Waals surface area contributed by atoms with Gasteiger partial charge in [0, 0.05) is 12.6 Å². The number of aliphatic hydroxyl groups excluding tert-OH is 1. The highest BCUT2D eigenvalue weighted by atomic mass is 19.1. The molecule has 0 saturated carbocycles. The molecule has 7 heteroatoms. The number of halogens is 1. The number of aliphatic hydroxyl groups is 1. The highest BCUT2D eigenvalue weighted by Gasteiger charge is 2.27. The minimum atomic E-state index is -0.593. The molecule has 1 saturated heterocycles. The Labute approximate surface area is 147 Å². The average Bonchev–Trinajstić information content (AvgIpc) is 3.13. The van der Waals surface area contributed by atoms with Crippen molar-refractivity contribution in [2.75, 3.05) is 19.7 Å². The maximum Gasteiger partial charge on any atom is 0.147 e.